The molecule has 0 atom stereocenters. The molecule has 2 heterocycles. The number of carbonyl (C=O) groups excluding carboxylic acids is 1. The first-order chi connectivity index (χ1) is 12.6. The lowest BCUT2D eigenvalue weighted by Gasteiger charge is -2.07. The molecular formula is C19H15FN4OS. The van der Waals surface area contributed by atoms with Crippen LogP contribution >= 0.6 is 11.3 Å². The van der Waals surface area contributed by atoms with Crippen LogP contribution in [-0.4, -0.2) is 20.5 Å². The van der Waals surface area contributed by atoms with E-state index in [4.69, 9.17) is 0 Å². The smallest absolute Gasteiger partial charge is 0.251 e. The molecule has 0 fully saturated rings. The number of rotatable bonds is 4. The highest BCUT2D eigenvalue weighted by Gasteiger charge is 2.18. The molecule has 7 heteroatoms. The molecule has 2 aromatic carbocycles. The van der Waals surface area contributed by atoms with E-state index in [-0.39, 0.29) is 18.3 Å². The maximum absolute atomic E-state index is 13.0. The molecule has 0 bridgehead atoms. The predicted molar refractivity (Wildman–Crippen MR) is 98.6 cm³/mol. The van der Waals surface area contributed by atoms with Crippen molar-refractivity contribution in [2.24, 2.45) is 0 Å². The van der Waals surface area contributed by atoms with E-state index < -0.39 is 0 Å². The van der Waals surface area contributed by atoms with Gasteiger partial charge >= 0.3 is 0 Å². The van der Waals surface area contributed by atoms with Crippen LogP contribution in [0.3, 0.4) is 0 Å². The van der Waals surface area contributed by atoms with Crippen molar-refractivity contribution in [3.8, 4) is 11.3 Å². The third-order valence-electron chi connectivity index (χ3n) is 3.97. The number of carbonyl (C=O) groups is 1. The molecule has 4 aromatic rings. The van der Waals surface area contributed by atoms with E-state index in [0.717, 1.165) is 26.9 Å². The lowest BCUT2D eigenvalue weighted by atomic mass is 10.1. The van der Waals surface area contributed by atoms with Crippen LogP contribution in [0.15, 0.2) is 54.6 Å². The Morgan fingerprint density at radius 1 is 1.15 bits per heavy atom. The van der Waals surface area contributed by atoms with Crippen LogP contribution in [0.2, 0.25) is 0 Å². The molecule has 0 aliphatic heterocycles. The zero-order chi connectivity index (χ0) is 18.1. The van der Waals surface area contributed by atoms with Crippen LogP contribution in [0.1, 0.15) is 21.1 Å². The van der Waals surface area contributed by atoms with E-state index >= 15 is 0 Å². The van der Waals surface area contributed by atoms with Crippen LogP contribution < -0.4 is 5.32 Å². The summed E-state index contributed by atoms with van der Waals surface area (Å²) in [5.41, 5.74) is 2.98. The standard InChI is InChI=1S/C19H15FN4OS/c1-12-23-24-16(11-21-18(25)14-7-9-15(20)10-8-14)17(22-19(24)26-12)13-5-3-2-4-6-13/h2-10H,11H2,1H3,(H,21,25). The Bertz CT molecular complexity index is 1070. The molecule has 0 saturated heterocycles. The van der Waals surface area contributed by atoms with Crippen molar-refractivity contribution in [2.75, 3.05) is 0 Å². The molecule has 0 aliphatic rings. The SMILES string of the molecule is Cc1nn2c(CNC(=O)c3ccc(F)cc3)c(-c3ccccc3)nc2s1. The number of imidazole rings is 1. The third-order valence-corrected chi connectivity index (χ3v) is 4.79. The van der Waals surface area contributed by atoms with Gasteiger partial charge in [0.25, 0.3) is 5.91 Å². The Hall–Kier alpha value is -3.06. The maximum Gasteiger partial charge on any atom is 0.251 e. The molecule has 4 rings (SSSR count). The highest BCUT2D eigenvalue weighted by atomic mass is 32.1. The zero-order valence-corrected chi connectivity index (χ0v) is 14.8. The summed E-state index contributed by atoms with van der Waals surface area (Å²) in [4.78, 5) is 17.8. The summed E-state index contributed by atoms with van der Waals surface area (Å²) in [6, 6.07) is 15.2. The van der Waals surface area contributed by atoms with E-state index in [1.807, 2.05) is 37.3 Å². The van der Waals surface area contributed by atoms with Crippen LogP contribution in [0, 0.1) is 12.7 Å². The van der Waals surface area contributed by atoms with Crippen LogP contribution in [0.25, 0.3) is 16.2 Å². The van der Waals surface area contributed by atoms with Crippen LogP contribution in [-0.2, 0) is 6.54 Å². The third kappa shape index (κ3) is 3.09. The summed E-state index contributed by atoms with van der Waals surface area (Å²) in [6.07, 6.45) is 0. The topological polar surface area (TPSA) is 59.3 Å². The van der Waals surface area contributed by atoms with Crippen molar-refractivity contribution in [2.45, 2.75) is 13.5 Å². The number of benzene rings is 2. The van der Waals surface area contributed by atoms with Crippen molar-refractivity contribution >= 4 is 22.2 Å². The minimum atomic E-state index is -0.372. The van der Waals surface area contributed by atoms with E-state index in [0.29, 0.717) is 5.56 Å². The minimum Gasteiger partial charge on any atom is -0.346 e. The number of halogens is 1. The fraction of sp³-hybridized carbons (Fsp3) is 0.105. The second-order valence-corrected chi connectivity index (χ2v) is 6.94. The van der Waals surface area contributed by atoms with Gasteiger partial charge in [0.05, 0.1) is 17.9 Å². The Labute approximate surface area is 153 Å². The largest absolute Gasteiger partial charge is 0.346 e. The molecule has 0 aliphatic carbocycles. The average Bonchev–Trinajstić information content (AvgIpc) is 3.17. The fourth-order valence-corrected chi connectivity index (χ4v) is 3.50. The maximum atomic E-state index is 13.0. The Balaban J connectivity index is 1.66. The van der Waals surface area contributed by atoms with Gasteiger partial charge in [-0.2, -0.15) is 5.10 Å². The molecule has 1 N–H and O–H groups in total. The number of aryl methyl sites for hydroxylation is 1. The van der Waals surface area contributed by atoms with Crippen molar-refractivity contribution in [1.29, 1.82) is 0 Å². The number of amides is 1. The molecule has 2 aromatic heterocycles. The van der Waals surface area contributed by atoms with Crippen molar-refractivity contribution in [3.63, 3.8) is 0 Å². The second-order valence-electron chi connectivity index (χ2n) is 5.78. The molecule has 0 radical (unpaired) electrons. The summed E-state index contributed by atoms with van der Waals surface area (Å²) in [5.74, 6) is -0.644. The van der Waals surface area contributed by atoms with Gasteiger partial charge in [0.2, 0.25) is 4.96 Å². The molecule has 130 valence electrons. The number of hydrogen-bond acceptors (Lipinski definition) is 4. The van der Waals surface area contributed by atoms with Crippen molar-refractivity contribution in [3.05, 3.63) is 76.7 Å². The monoisotopic (exact) mass is 366 g/mol. The second kappa shape index (κ2) is 6.68. The molecular weight excluding hydrogens is 351 g/mol. The minimum absolute atomic E-state index is 0.269. The van der Waals surface area contributed by atoms with Gasteiger partial charge in [-0.1, -0.05) is 41.7 Å². The fourth-order valence-electron chi connectivity index (χ4n) is 2.74. The highest BCUT2D eigenvalue weighted by Crippen LogP contribution is 2.26. The average molecular weight is 366 g/mol. The summed E-state index contributed by atoms with van der Waals surface area (Å²) >= 11 is 1.50. The number of nitrogens with one attached hydrogen (secondary N) is 1. The summed E-state index contributed by atoms with van der Waals surface area (Å²) in [7, 11) is 0. The zero-order valence-electron chi connectivity index (χ0n) is 13.9. The highest BCUT2D eigenvalue weighted by molar-refractivity contribution is 7.16. The first-order valence-corrected chi connectivity index (χ1v) is 8.88. The Morgan fingerprint density at radius 2 is 1.88 bits per heavy atom. The predicted octanol–water partition coefficient (Wildman–Crippen LogP) is 3.84. The van der Waals surface area contributed by atoms with E-state index in [2.05, 4.69) is 15.4 Å². The van der Waals surface area contributed by atoms with Gasteiger partial charge in [-0.25, -0.2) is 13.9 Å². The normalized spacial score (nSPS) is 11.0. The summed E-state index contributed by atoms with van der Waals surface area (Å²) in [6.45, 7) is 2.19. The van der Waals surface area contributed by atoms with E-state index in [1.54, 1.807) is 4.52 Å². The van der Waals surface area contributed by atoms with Crippen molar-refractivity contribution in [1.82, 2.24) is 19.9 Å². The Kier molecular flexibility index (Phi) is 4.22. The van der Waals surface area contributed by atoms with Gasteiger partial charge < -0.3 is 5.32 Å². The van der Waals surface area contributed by atoms with E-state index in [1.165, 1.54) is 35.6 Å². The number of aromatic nitrogens is 3. The summed E-state index contributed by atoms with van der Waals surface area (Å²) < 4.78 is 14.8. The molecule has 26 heavy (non-hydrogen) atoms. The molecule has 1 amide bonds. The lowest BCUT2D eigenvalue weighted by Crippen LogP contribution is -2.24. The summed E-state index contributed by atoms with van der Waals surface area (Å²) in [5, 5.41) is 8.27. The quantitative estimate of drug-likeness (QED) is 0.597. The Morgan fingerprint density at radius 3 is 2.62 bits per heavy atom. The van der Waals surface area contributed by atoms with Crippen LogP contribution in [0.4, 0.5) is 4.39 Å². The van der Waals surface area contributed by atoms with Gasteiger partial charge in [-0.3, -0.25) is 4.79 Å². The number of hydrogen-bond donors (Lipinski definition) is 1. The molecule has 5 nitrogen and oxygen atoms in total. The van der Waals surface area contributed by atoms with Gasteiger partial charge in [0.15, 0.2) is 0 Å². The van der Waals surface area contributed by atoms with Gasteiger partial charge in [-0.15, -0.1) is 0 Å². The molecule has 0 spiro atoms. The van der Waals surface area contributed by atoms with E-state index in [9.17, 15) is 9.18 Å². The first kappa shape index (κ1) is 16.4. The molecule has 0 unspecified atom stereocenters. The van der Waals surface area contributed by atoms with Crippen molar-refractivity contribution < 1.29 is 9.18 Å². The van der Waals surface area contributed by atoms with Crippen LogP contribution in [0.5, 0.6) is 0 Å². The first-order valence-electron chi connectivity index (χ1n) is 8.06. The van der Waals surface area contributed by atoms with Gasteiger partial charge in [-0.05, 0) is 31.2 Å². The lowest BCUT2D eigenvalue weighted by molar-refractivity contribution is 0.0950. The number of fused-ring (bicyclic) bond motifs is 1. The molecule has 0 saturated carbocycles. The van der Waals surface area contributed by atoms with Gasteiger partial charge in [0, 0.05) is 11.1 Å². The number of nitrogens with zero attached hydrogens (tertiary/aromatic N) is 3. The van der Waals surface area contributed by atoms with Gasteiger partial charge in [0.1, 0.15) is 10.8 Å².